The zero-order valence-electron chi connectivity index (χ0n) is 12.2. The van der Waals surface area contributed by atoms with Crippen LogP contribution in [0.15, 0.2) is 10.7 Å². The maximum atomic E-state index is 10.9. The first-order valence-electron chi connectivity index (χ1n) is 6.58. The minimum Gasteiger partial charge on any atom is -0.394 e. The Morgan fingerprint density at radius 3 is 2.90 bits per heavy atom. The summed E-state index contributed by atoms with van der Waals surface area (Å²) >= 11 is 3.40. The van der Waals surface area contributed by atoms with E-state index >= 15 is 0 Å². The lowest BCUT2D eigenvalue weighted by Gasteiger charge is -2.43. The Kier molecular flexibility index (Phi) is 4.50. The Bertz CT molecular complexity index is 565. The zero-order chi connectivity index (χ0) is 15.8. The molecule has 0 amide bonds. The quantitative estimate of drug-likeness (QED) is 0.656. The lowest BCUT2D eigenvalue weighted by Crippen LogP contribution is -2.54. The molecule has 1 saturated heterocycles. The Balaban J connectivity index is 2.37. The van der Waals surface area contributed by atoms with E-state index in [1.54, 1.807) is 6.92 Å². The van der Waals surface area contributed by atoms with Gasteiger partial charge in [-0.15, -0.1) is 0 Å². The third-order valence-corrected chi connectivity index (χ3v) is 4.35. The van der Waals surface area contributed by atoms with E-state index in [0.717, 1.165) is 0 Å². The smallest absolute Gasteiger partial charge is 0.291 e. The summed E-state index contributed by atoms with van der Waals surface area (Å²) in [6, 6.07) is 0. The summed E-state index contributed by atoms with van der Waals surface area (Å²) in [6.07, 6.45) is 0.962. The highest BCUT2D eigenvalue weighted by Gasteiger charge is 2.35. The maximum absolute atomic E-state index is 10.9. The third-order valence-electron chi connectivity index (χ3n) is 3.40. The number of pyridine rings is 1. The summed E-state index contributed by atoms with van der Waals surface area (Å²) in [4.78, 5) is 16.7. The van der Waals surface area contributed by atoms with Gasteiger partial charge < -0.3 is 14.7 Å². The molecule has 0 saturated carbocycles. The Morgan fingerprint density at radius 1 is 1.67 bits per heavy atom. The zero-order valence-corrected chi connectivity index (χ0v) is 13.8. The lowest BCUT2D eigenvalue weighted by atomic mass is 10.1. The van der Waals surface area contributed by atoms with Gasteiger partial charge in [-0.3, -0.25) is 10.1 Å². The molecule has 1 fully saturated rings. The molecule has 1 aliphatic rings. The van der Waals surface area contributed by atoms with Gasteiger partial charge in [-0.05, 0) is 36.7 Å². The van der Waals surface area contributed by atoms with Gasteiger partial charge in [0.05, 0.1) is 27.7 Å². The van der Waals surface area contributed by atoms with Crippen LogP contribution < -0.4 is 4.90 Å². The number of hydrogen-bond acceptors (Lipinski definition) is 6. The molecule has 2 heterocycles. The first-order chi connectivity index (χ1) is 9.75. The van der Waals surface area contributed by atoms with Gasteiger partial charge in [0.2, 0.25) is 0 Å². The van der Waals surface area contributed by atoms with Gasteiger partial charge in [0, 0.05) is 18.7 Å². The second-order valence-electron chi connectivity index (χ2n) is 5.73. The lowest BCUT2D eigenvalue weighted by molar-refractivity contribution is -0.385. The molecule has 0 aliphatic carbocycles. The van der Waals surface area contributed by atoms with Crippen LogP contribution in [0.2, 0.25) is 0 Å². The molecule has 1 N–H and O–H groups in total. The third kappa shape index (κ3) is 3.33. The van der Waals surface area contributed by atoms with Crippen molar-refractivity contribution in [2.75, 3.05) is 24.6 Å². The number of aliphatic hydroxyl groups is 1. The average molecular weight is 360 g/mol. The number of rotatable bonds is 3. The molecule has 7 nitrogen and oxygen atoms in total. The van der Waals surface area contributed by atoms with Gasteiger partial charge in [0.15, 0.2) is 0 Å². The molecule has 1 aliphatic heterocycles. The van der Waals surface area contributed by atoms with E-state index in [1.807, 2.05) is 18.7 Å². The molecule has 21 heavy (non-hydrogen) atoms. The van der Waals surface area contributed by atoms with Crippen molar-refractivity contribution in [3.63, 3.8) is 0 Å². The summed E-state index contributed by atoms with van der Waals surface area (Å²) in [5, 5.41) is 20.3. The standard InChI is InChI=1S/C13H18BrN3O4/c1-8-10(17(19)20)4-15-12(11(8)14)16-5-9(6-18)21-13(2,3)7-16/h4,9,18H,5-7H2,1-3H3. The first kappa shape index (κ1) is 16.1. The van der Waals surface area contributed by atoms with E-state index in [-0.39, 0.29) is 18.4 Å². The molecule has 1 atom stereocenters. The van der Waals surface area contributed by atoms with Crippen LogP contribution in [0.4, 0.5) is 11.5 Å². The van der Waals surface area contributed by atoms with Gasteiger partial charge in [-0.2, -0.15) is 0 Å². The highest BCUT2D eigenvalue weighted by molar-refractivity contribution is 9.10. The molecule has 0 aromatic carbocycles. The molecule has 1 aromatic rings. The molecular weight excluding hydrogens is 342 g/mol. The SMILES string of the molecule is Cc1c([N+](=O)[O-])cnc(N2CC(CO)OC(C)(C)C2)c1Br. The molecule has 1 aromatic heterocycles. The average Bonchev–Trinajstić information content (AvgIpc) is 2.39. The van der Waals surface area contributed by atoms with E-state index in [2.05, 4.69) is 20.9 Å². The summed E-state index contributed by atoms with van der Waals surface area (Å²) < 4.78 is 6.37. The van der Waals surface area contributed by atoms with Crippen LogP contribution in [-0.2, 0) is 4.74 Å². The van der Waals surface area contributed by atoms with Gasteiger partial charge in [-0.1, -0.05) is 0 Å². The van der Waals surface area contributed by atoms with Crippen molar-refractivity contribution >= 4 is 27.4 Å². The molecule has 8 heteroatoms. The second kappa shape index (κ2) is 5.86. The fraction of sp³-hybridized carbons (Fsp3) is 0.615. The minimum atomic E-state index is -0.448. The van der Waals surface area contributed by atoms with Crippen LogP contribution in [0.3, 0.4) is 0 Å². The minimum absolute atomic E-state index is 0.0168. The number of halogens is 1. The summed E-state index contributed by atoms with van der Waals surface area (Å²) in [7, 11) is 0. The first-order valence-corrected chi connectivity index (χ1v) is 7.37. The van der Waals surface area contributed by atoms with Crippen molar-refractivity contribution in [3.8, 4) is 0 Å². The van der Waals surface area contributed by atoms with Gasteiger partial charge in [-0.25, -0.2) is 4.98 Å². The van der Waals surface area contributed by atoms with Crippen LogP contribution in [0, 0.1) is 17.0 Å². The van der Waals surface area contributed by atoms with Crippen LogP contribution >= 0.6 is 15.9 Å². The van der Waals surface area contributed by atoms with E-state index in [1.165, 1.54) is 6.20 Å². The Morgan fingerprint density at radius 2 is 2.33 bits per heavy atom. The van der Waals surface area contributed by atoms with Crippen molar-refractivity contribution in [1.29, 1.82) is 0 Å². The van der Waals surface area contributed by atoms with Crippen molar-refractivity contribution < 1.29 is 14.8 Å². The number of morpholine rings is 1. The maximum Gasteiger partial charge on any atom is 0.291 e. The van der Waals surface area contributed by atoms with Crippen molar-refractivity contribution in [3.05, 3.63) is 26.3 Å². The number of nitrogens with zero attached hydrogens (tertiary/aromatic N) is 3. The Hall–Kier alpha value is -1.25. The van der Waals surface area contributed by atoms with Crippen LogP contribution in [0.25, 0.3) is 0 Å². The summed E-state index contributed by atoms with van der Waals surface area (Å²) in [6.45, 7) is 6.56. The van der Waals surface area contributed by atoms with E-state index in [4.69, 9.17) is 4.74 Å². The molecule has 1 unspecified atom stereocenters. The number of aromatic nitrogens is 1. The molecule has 2 rings (SSSR count). The molecule has 0 radical (unpaired) electrons. The van der Waals surface area contributed by atoms with Crippen molar-refractivity contribution in [2.45, 2.75) is 32.5 Å². The van der Waals surface area contributed by atoms with Crippen molar-refractivity contribution in [2.24, 2.45) is 0 Å². The van der Waals surface area contributed by atoms with E-state index in [9.17, 15) is 15.2 Å². The molecular formula is C13H18BrN3O4. The van der Waals surface area contributed by atoms with Crippen molar-refractivity contribution in [1.82, 2.24) is 4.98 Å². The second-order valence-corrected chi connectivity index (χ2v) is 6.52. The highest BCUT2D eigenvalue weighted by atomic mass is 79.9. The van der Waals surface area contributed by atoms with Gasteiger partial charge in [0.1, 0.15) is 12.0 Å². The number of aliphatic hydroxyl groups excluding tert-OH is 1. The highest BCUT2D eigenvalue weighted by Crippen LogP contribution is 2.35. The molecule has 116 valence electrons. The van der Waals surface area contributed by atoms with E-state index < -0.39 is 10.5 Å². The van der Waals surface area contributed by atoms with Crippen LogP contribution in [0.5, 0.6) is 0 Å². The van der Waals surface area contributed by atoms with Gasteiger partial charge in [0.25, 0.3) is 5.69 Å². The number of hydrogen-bond donors (Lipinski definition) is 1. The molecule has 0 bridgehead atoms. The number of anilines is 1. The predicted molar refractivity (Wildman–Crippen MR) is 81.6 cm³/mol. The summed E-state index contributed by atoms with van der Waals surface area (Å²) in [5.41, 5.74) is 0.0920. The fourth-order valence-corrected chi connectivity index (χ4v) is 3.07. The fourth-order valence-electron chi connectivity index (χ4n) is 2.51. The topological polar surface area (TPSA) is 88.7 Å². The van der Waals surface area contributed by atoms with Gasteiger partial charge >= 0.3 is 0 Å². The van der Waals surface area contributed by atoms with Crippen LogP contribution in [-0.4, -0.2) is 46.4 Å². The number of ether oxygens (including phenoxy) is 1. The monoisotopic (exact) mass is 359 g/mol. The molecule has 0 spiro atoms. The Labute approximate surface area is 131 Å². The predicted octanol–water partition coefficient (Wildman–Crippen LogP) is 2.04. The summed E-state index contributed by atoms with van der Waals surface area (Å²) in [5.74, 6) is 0.632. The van der Waals surface area contributed by atoms with E-state index in [0.29, 0.717) is 28.9 Å². The van der Waals surface area contributed by atoms with Crippen LogP contribution in [0.1, 0.15) is 19.4 Å². The number of nitro groups is 1. The normalized spacial score (nSPS) is 21.4. The largest absolute Gasteiger partial charge is 0.394 e.